The molecule has 0 radical (unpaired) electrons. The molecule has 1 amide bonds. The highest BCUT2D eigenvalue weighted by molar-refractivity contribution is 7.18. The SMILES string of the molecule is Cc1cc(NC(=O)Cn2cnc3sc4c(c3c2=O)CCCCC4)no1. The lowest BCUT2D eigenvalue weighted by Crippen LogP contribution is -2.28. The lowest BCUT2D eigenvalue weighted by Gasteiger charge is -2.05. The van der Waals surface area contributed by atoms with Gasteiger partial charge in [0.05, 0.1) is 11.7 Å². The Morgan fingerprint density at radius 3 is 3.00 bits per heavy atom. The summed E-state index contributed by atoms with van der Waals surface area (Å²) < 4.78 is 6.28. The summed E-state index contributed by atoms with van der Waals surface area (Å²) in [6.07, 6.45) is 6.83. The Labute approximate surface area is 147 Å². The molecule has 1 aliphatic carbocycles. The molecule has 0 aliphatic heterocycles. The average molecular weight is 358 g/mol. The molecule has 0 atom stereocenters. The van der Waals surface area contributed by atoms with Crippen molar-refractivity contribution in [3.8, 4) is 0 Å². The first kappa shape index (κ1) is 16.0. The van der Waals surface area contributed by atoms with Gasteiger partial charge in [0.2, 0.25) is 5.91 Å². The van der Waals surface area contributed by atoms with Crippen LogP contribution in [0.3, 0.4) is 0 Å². The number of nitrogens with one attached hydrogen (secondary N) is 1. The number of aryl methyl sites for hydroxylation is 3. The Balaban J connectivity index is 1.64. The van der Waals surface area contributed by atoms with Crippen LogP contribution in [0.25, 0.3) is 10.2 Å². The van der Waals surface area contributed by atoms with Gasteiger partial charge >= 0.3 is 0 Å². The van der Waals surface area contributed by atoms with Crippen molar-refractivity contribution in [2.75, 3.05) is 5.32 Å². The van der Waals surface area contributed by atoms with Crippen molar-refractivity contribution in [2.24, 2.45) is 0 Å². The largest absolute Gasteiger partial charge is 0.360 e. The number of carbonyl (C=O) groups excluding carboxylic acids is 1. The van der Waals surface area contributed by atoms with Gasteiger partial charge in [-0.15, -0.1) is 11.3 Å². The van der Waals surface area contributed by atoms with Crippen LogP contribution in [0, 0.1) is 6.92 Å². The molecule has 0 saturated carbocycles. The third-order valence-electron chi connectivity index (χ3n) is 4.40. The number of thiophene rings is 1. The fraction of sp³-hybridized carbons (Fsp3) is 0.412. The zero-order valence-corrected chi connectivity index (χ0v) is 14.7. The molecule has 3 aromatic rings. The highest BCUT2D eigenvalue weighted by Crippen LogP contribution is 2.32. The zero-order valence-electron chi connectivity index (χ0n) is 13.9. The molecule has 0 unspecified atom stereocenters. The van der Waals surface area contributed by atoms with Gasteiger partial charge in [0.1, 0.15) is 17.1 Å². The summed E-state index contributed by atoms with van der Waals surface area (Å²) in [6, 6.07) is 1.63. The second-order valence-electron chi connectivity index (χ2n) is 6.29. The van der Waals surface area contributed by atoms with Crippen LogP contribution in [0.2, 0.25) is 0 Å². The molecule has 8 heteroatoms. The maximum Gasteiger partial charge on any atom is 0.262 e. The Morgan fingerprint density at radius 2 is 2.20 bits per heavy atom. The number of rotatable bonds is 3. The highest BCUT2D eigenvalue weighted by atomic mass is 32.1. The summed E-state index contributed by atoms with van der Waals surface area (Å²) in [4.78, 5) is 31.5. The van der Waals surface area contributed by atoms with Gasteiger partial charge in [0, 0.05) is 10.9 Å². The van der Waals surface area contributed by atoms with Crippen LogP contribution < -0.4 is 10.9 Å². The van der Waals surface area contributed by atoms with E-state index in [2.05, 4.69) is 15.5 Å². The van der Waals surface area contributed by atoms with E-state index < -0.39 is 0 Å². The fourth-order valence-corrected chi connectivity index (χ4v) is 4.45. The van der Waals surface area contributed by atoms with E-state index in [0.717, 1.165) is 36.1 Å². The monoisotopic (exact) mass is 358 g/mol. The van der Waals surface area contributed by atoms with Gasteiger partial charge in [-0.25, -0.2) is 4.98 Å². The average Bonchev–Trinajstić information content (AvgIpc) is 3.06. The minimum atomic E-state index is -0.335. The van der Waals surface area contributed by atoms with Gasteiger partial charge in [-0.05, 0) is 38.2 Å². The van der Waals surface area contributed by atoms with Gasteiger partial charge in [-0.2, -0.15) is 0 Å². The Morgan fingerprint density at radius 1 is 1.36 bits per heavy atom. The molecule has 0 bridgehead atoms. The van der Waals surface area contributed by atoms with Crippen molar-refractivity contribution in [1.82, 2.24) is 14.7 Å². The van der Waals surface area contributed by atoms with E-state index in [1.165, 1.54) is 22.2 Å². The summed E-state index contributed by atoms with van der Waals surface area (Å²) in [5.74, 6) is 0.614. The quantitative estimate of drug-likeness (QED) is 0.727. The summed E-state index contributed by atoms with van der Waals surface area (Å²) in [5, 5.41) is 7.03. The molecule has 3 aromatic heterocycles. The van der Waals surface area contributed by atoms with Gasteiger partial charge in [0.25, 0.3) is 5.56 Å². The lowest BCUT2D eigenvalue weighted by atomic mass is 10.1. The highest BCUT2D eigenvalue weighted by Gasteiger charge is 2.19. The molecule has 4 rings (SSSR count). The topological polar surface area (TPSA) is 90.0 Å². The molecule has 0 spiro atoms. The Bertz CT molecular complexity index is 1000. The van der Waals surface area contributed by atoms with Crippen molar-refractivity contribution < 1.29 is 9.32 Å². The molecule has 0 fully saturated rings. The number of fused-ring (bicyclic) bond motifs is 3. The molecule has 1 N–H and O–H groups in total. The van der Waals surface area contributed by atoms with Crippen molar-refractivity contribution in [1.29, 1.82) is 0 Å². The van der Waals surface area contributed by atoms with Gasteiger partial charge < -0.3 is 9.84 Å². The number of hydrogen-bond acceptors (Lipinski definition) is 6. The predicted molar refractivity (Wildman–Crippen MR) is 95.0 cm³/mol. The van der Waals surface area contributed by atoms with Crippen molar-refractivity contribution in [2.45, 2.75) is 45.6 Å². The van der Waals surface area contributed by atoms with E-state index in [-0.39, 0.29) is 18.0 Å². The summed E-state index contributed by atoms with van der Waals surface area (Å²) in [5.41, 5.74) is 0.993. The molecule has 130 valence electrons. The number of aromatic nitrogens is 3. The number of nitrogens with zero attached hydrogens (tertiary/aromatic N) is 3. The molecule has 3 heterocycles. The Hall–Kier alpha value is -2.48. The van der Waals surface area contributed by atoms with Gasteiger partial charge in [0.15, 0.2) is 5.82 Å². The van der Waals surface area contributed by atoms with Crippen LogP contribution in [0.15, 0.2) is 21.7 Å². The van der Waals surface area contributed by atoms with E-state index in [1.807, 2.05) is 0 Å². The maximum absolute atomic E-state index is 12.9. The van der Waals surface area contributed by atoms with Gasteiger partial charge in [-0.3, -0.25) is 14.2 Å². The molecule has 0 saturated heterocycles. The third-order valence-corrected chi connectivity index (χ3v) is 5.60. The fourth-order valence-electron chi connectivity index (χ4n) is 3.23. The maximum atomic E-state index is 12.9. The van der Waals surface area contributed by atoms with E-state index in [1.54, 1.807) is 24.3 Å². The van der Waals surface area contributed by atoms with Crippen LogP contribution in [-0.4, -0.2) is 20.6 Å². The standard InChI is InChI=1S/C17H18N4O3S/c1-10-7-13(20-24-10)19-14(22)8-21-9-18-16-15(17(21)23)11-5-3-2-4-6-12(11)25-16/h7,9H,2-6,8H2,1H3,(H,19,20,22). The van der Waals surface area contributed by atoms with Crippen LogP contribution in [0.5, 0.6) is 0 Å². The number of hydrogen-bond donors (Lipinski definition) is 1. The Kier molecular flexibility index (Phi) is 4.12. The van der Waals surface area contributed by atoms with Crippen molar-refractivity contribution >= 4 is 33.3 Å². The molecule has 1 aliphatic rings. The van der Waals surface area contributed by atoms with E-state index >= 15 is 0 Å². The van der Waals surface area contributed by atoms with Crippen LogP contribution in [-0.2, 0) is 24.2 Å². The normalized spacial score (nSPS) is 14.3. The molecular weight excluding hydrogens is 340 g/mol. The zero-order chi connectivity index (χ0) is 17.4. The first-order chi connectivity index (χ1) is 12.1. The van der Waals surface area contributed by atoms with E-state index in [4.69, 9.17) is 4.52 Å². The van der Waals surface area contributed by atoms with Crippen LogP contribution in [0.4, 0.5) is 5.82 Å². The second kappa shape index (κ2) is 6.44. The first-order valence-electron chi connectivity index (χ1n) is 8.34. The van der Waals surface area contributed by atoms with Crippen LogP contribution in [0.1, 0.15) is 35.5 Å². The van der Waals surface area contributed by atoms with Crippen molar-refractivity contribution in [3.05, 3.63) is 38.9 Å². The van der Waals surface area contributed by atoms with Crippen molar-refractivity contribution in [3.63, 3.8) is 0 Å². The third kappa shape index (κ3) is 3.09. The van der Waals surface area contributed by atoms with E-state index in [9.17, 15) is 9.59 Å². The molecule has 0 aromatic carbocycles. The first-order valence-corrected chi connectivity index (χ1v) is 9.16. The van der Waals surface area contributed by atoms with Crippen LogP contribution >= 0.6 is 11.3 Å². The minimum Gasteiger partial charge on any atom is -0.360 e. The molecule has 7 nitrogen and oxygen atoms in total. The number of anilines is 1. The summed E-state index contributed by atoms with van der Waals surface area (Å²) >= 11 is 1.61. The predicted octanol–water partition coefficient (Wildman–Crippen LogP) is 2.66. The smallest absolute Gasteiger partial charge is 0.262 e. The lowest BCUT2D eigenvalue weighted by molar-refractivity contribution is -0.116. The number of carbonyl (C=O) groups is 1. The number of amides is 1. The summed E-state index contributed by atoms with van der Waals surface area (Å²) in [7, 11) is 0. The van der Waals surface area contributed by atoms with E-state index in [0.29, 0.717) is 17.0 Å². The second-order valence-corrected chi connectivity index (χ2v) is 7.38. The van der Waals surface area contributed by atoms with Gasteiger partial charge in [-0.1, -0.05) is 11.6 Å². The molecule has 25 heavy (non-hydrogen) atoms. The summed E-state index contributed by atoms with van der Waals surface area (Å²) in [6.45, 7) is 1.64. The molecular formula is C17H18N4O3S. The minimum absolute atomic E-state index is 0.0989.